The number of hydrogen-bond acceptors (Lipinski definition) is 0. The Morgan fingerprint density at radius 1 is 0.905 bits per heavy atom. The highest BCUT2D eigenvalue weighted by molar-refractivity contribution is 9.09. The van der Waals surface area contributed by atoms with Crippen molar-refractivity contribution in [2.24, 2.45) is 11.3 Å². The van der Waals surface area contributed by atoms with Gasteiger partial charge in [0.15, 0.2) is 0 Å². The normalized spacial score (nSPS) is 15.6. The standard InChI is InChI=1S/C20H33Br/c1-13(2)16-9-10-17(18(12-16)14(3)4)19(21)11-15(5)20(6,7)8/h9-10,12-15,19H,11H2,1-8H3. The predicted octanol–water partition coefficient (Wildman–Crippen LogP) is 7.44. The molecule has 0 aromatic heterocycles. The van der Waals surface area contributed by atoms with Crippen LogP contribution >= 0.6 is 15.9 Å². The van der Waals surface area contributed by atoms with Crippen molar-refractivity contribution in [3.8, 4) is 0 Å². The van der Waals surface area contributed by atoms with Crippen LogP contribution in [0.25, 0.3) is 0 Å². The average molecular weight is 353 g/mol. The summed E-state index contributed by atoms with van der Waals surface area (Å²) in [4.78, 5) is 0.449. The molecule has 0 spiro atoms. The van der Waals surface area contributed by atoms with E-state index in [1.807, 2.05) is 0 Å². The lowest BCUT2D eigenvalue weighted by Crippen LogP contribution is -2.19. The molecule has 0 nitrogen and oxygen atoms in total. The van der Waals surface area contributed by atoms with Crippen LogP contribution < -0.4 is 0 Å². The first-order valence-corrected chi connectivity index (χ1v) is 9.23. The number of hydrogen-bond donors (Lipinski definition) is 0. The molecule has 1 heteroatoms. The minimum Gasteiger partial charge on any atom is -0.0839 e. The predicted molar refractivity (Wildman–Crippen MR) is 99.5 cm³/mol. The zero-order chi connectivity index (χ0) is 16.4. The summed E-state index contributed by atoms with van der Waals surface area (Å²) < 4.78 is 0. The van der Waals surface area contributed by atoms with Crippen LogP contribution in [0.3, 0.4) is 0 Å². The lowest BCUT2D eigenvalue weighted by molar-refractivity contribution is 0.246. The fourth-order valence-corrected chi connectivity index (χ4v) is 3.51. The molecule has 2 unspecified atom stereocenters. The van der Waals surface area contributed by atoms with Gasteiger partial charge in [-0.05, 0) is 46.3 Å². The maximum Gasteiger partial charge on any atom is 0.0400 e. The van der Waals surface area contributed by atoms with E-state index in [9.17, 15) is 0 Å². The molecule has 0 amide bonds. The zero-order valence-corrected chi connectivity index (χ0v) is 16.7. The van der Waals surface area contributed by atoms with Crippen LogP contribution in [0.4, 0.5) is 0 Å². The second-order valence-electron chi connectivity index (χ2n) is 8.17. The third kappa shape index (κ3) is 5.13. The van der Waals surface area contributed by atoms with Gasteiger partial charge in [0.05, 0.1) is 0 Å². The molecule has 0 saturated carbocycles. The van der Waals surface area contributed by atoms with Gasteiger partial charge in [-0.3, -0.25) is 0 Å². The van der Waals surface area contributed by atoms with Gasteiger partial charge >= 0.3 is 0 Å². The highest BCUT2D eigenvalue weighted by atomic mass is 79.9. The molecule has 2 atom stereocenters. The van der Waals surface area contributed by atoms with Crippen molar-refractivity contribution >= 4 is 15.9 Å². The first kappa shape index (κ1) is 18.7. The van der Waals surface area contributed by atoms with Crippen molar-refractivity contribution in [1.29, 1.82) is 0 Å². The molecule has 1 aromatic carbocycles. The van der Waals surface area contributed by atoms with E-state index in [2.05, 4.69) is 89.5 Å². The Morgan fingerprint density at radius 2 is 1.48 bits per heavy atom. The summed E-state index contributed by atoms with van der Waals surface area (Å²) in [5, 5.41) is 0. The third-order valence-electron chi connectivity index (χ3n) is 4.78. The van der Waals surface area contributed by atoms with Crippen LogP contribution in [0.15, 0.2) is 18.2 Å². The van der Waals surface area contributed by atoms with E-state index in [1.54, 1.807) is 0 Å². The van der Waals surface area contributed by atoms with Crippen molar-refractivity contribution in [3.05, 3.63) is 34.9 Å². The Labute approximate surface area is 140 Å². The first-order valence-electron chi connectivity index (χ1n) is 8.31. The Kier molecular flexibility index (Phi) is 6.53. The number of alkyl halides is 1. The summed E-state index contributed by atoms with van der Waals surface area (Å²) in [5.74, 6) is 1.86. The third-order valence-corrected chi connectivity index (χ3v) is 5.64. The molecule has 21 heavy (non-hydrogen) atoms. The van der Waals surface area contributed by atoms with E-state index < -0.39 is 0 Å². The maximum absolute atomic E-state index is 3.96. The SMILES string of the molecule is CC(C)c1ccc(C(Br)CC(C)C(C)(C)C)c(C(C)C)c1. The molecule has 0 bridgehead atoms. The van der Waals surface area contributed by atoms with E-state index in [-0.39, 0.29) is 0 Å². The molecule has 0 radical (unpaired) electrons. The fraction of sp³-hybridized carbons (Fsp3) is 0.700. The summed E-state index contributed by atoms with van der Waals surface area (Å²) in [6.07, 6.45) is 1.18. The Bertz CT molecular complexity index is 451. The van der Waals surface area contributed by atoms with E-state index in [0.717, 1.165) is 0 Å². The quantitative estimate of drug-likeness (QED) is 0.482. The van der Waals surface area contributed by atoms with Gasteiger partial charge in [-0.15, -0.1) is 0 Å². The lowest BCUT2D eigenvalue weighted by Gasteiger charge is -2.30. The van der Waals surface area contributed by atoms with Gasteiger partial charge in [0.2, 0.25) is 0 Å². The summed E-state index contributed by atoms with van der Waals surface area (Å²) in [7, 11) is 0. The van der Waals surface area contributed by atoms with Gasteiger partial charge < -0.3 is 0 Å². The van der Waals surface area contributed by atoms with Crippen LogP contribution in [-0.2, 0) is 0 Å². The topological polar surface area (TPSA) is 0 Å². The van der Waals surface area contributed by atoms with Crippen molar-refractivity contribution < 1.29 is 0 Å². The molecule has 1 rings (SSSR count). The van der Waals surface area contributed by atoms with Crippen LogP contribution in [0.1, 0.15) is 95.2 Å². The molecule has 0 heterocycles. The van der Waals surface area contributed by atoms with Crippen molar-refractivity contribution in [3.63, 3.8) is 0 Å². The molecule has 0 saturated heterocycles. The second kappa shape index (κ2) is 7.31. The summed E-state index contributed by atoms with van der Waals surface area (Å²) in [5.41, 5.74) is 4.79. The molecule has 0 aliphatic carbocycles. The van der Waals surface area contributed by atoms with Crippen LogP contribution in [0.2, 0.25) is 0 Å². The average Bonchev–Trinajstić information content (AvgIpc) is 2.36. The number of benzene rings is 1. The zero-order valence-electron chi connectivity index (χ0n) is 15.1. The van der Waals surface area contributed by atoms with Crippen LogP contribution in [-0.4, -0.2) is 0 Å². The van der Waals surface area contributed by atoms with Gasteiger partial charge in [0, 0.05) is 4.83 Å². The van der Waals surface area contributed by atoms with Crippen LogP contribution in [0.5, 0.6) is 0 Å². The van der Waals surface area contributed by atoms with Gasteiger partial charge in [-0.1, -0.05) is 89.5 Å². The number of halogens is 1. The molecule has 0 aliphatic heterocycles. The minimum atomic E-state index is 0.363. The molecule has 0 N–H and O–H groups in total. The second-order valence-corrected chi connectivity index (χ2v) is 9.27. The van der Waals surface area contributed by atoms with Gasteiger partial charge in [0.1, 0.15) is 0 Å². The van der Waals surface area contributed by atoms with Gasteiger partial charge in [-0.2, -0.15) is 0 Å². The van der Waals surface area contributed by atoms with E-state index in [1.165, 1.54) is 23.1 Å². The van der Waals surface area contributed by atoms with Crippen molar-refractivity contribution in [1.82, 2.24) is 0 Å². The van der Waals surface area contributed by atoms with Crippen molar-refractivity contribution in [2.45, 2.75) is 78.5 Å². The first-order chi connectivity index (χ1) is 9.54. The maximum atomic E-state index is 3.96. The molecule has 0 aliphatic rings. The van der Waals surface area contributed by atoms with Gasteiger partial charge in [-0.25, -0.2) is 0 Å². The van der Waals surface area contributed by atoms with Crippen LogP contribution in [0, 0.1) is 11.3 Å². The lowest BCUT2D eigenvalue weighted by atomic mass is 9.78. The fourth-order valence-electron chi connectivity index (χ4n) is 2.53. The highest BCUT2D eigenvalue weighted by Crippen LogP contribution is 2.40. The summed E-state index contributed by atoms with van der Waals surface area (Å²) in [6.45, 7) is 18.5. The largest absolute Gasteiger partial charge is 0.0839 e. The molecule has 1 aromatic rings. The summed E-state index contributed by atoms with van der Waals surface area (Å²) in [6, 6.07) is 7.07. The molecule has 0 fully saturated rings. The highest BCUT2D eigenvalue weighted by Gasteiger charge is 2.25. The van der Waals surface area contributed by atoms with E-state index in [4.69, 9.17) is 0 Å². The minimum absolute atomic E-state index is 0.363. The Hall–Kier alpha value is -0.300. The molecule has 120 valence electrons. The van der Waals surface area contributed by atoms with E-state index >= 15 is 0 Å². The Balaban J connectivity index is 3.06. The molecular formula is C20H33Br. The van der Waals surface area contributed by atoms with Gasteiger partial charge in [0.25, 0.3) is 0 Å². The molecular weight excluding hydrogens is 320 g/mol. The number of rotatable bonds is 5. The Morgan fingerprint density at radius 3 is 1.90 bits per heavy atom. The van der Waals surface area contributed by atoms with Crippen molar-refractivity contribution in [2.75, 3.05) is 0 Å². The smallest absolute Gasteiger partial charge is 0.0400 e. The monoisotopic (exact) mass is 352 g/mol. The summed E-state index contributed by atoms with van der Waals surface area (Å²) >= 11 is 3.96. The van der Waals surface area contributed by atoms with E-state index in [0.29, 0.717) is 28.0 Å².